The van der Waals surface area contributed by atoms with Crippen LogP contribution in [0.25, 0.3) is 28.1 Å². The number of para-hydroxylation sites is 1. The monoisotopic (exact) mass is 415 g/mol. The normalized spacial score (nSPS) is 17.0. The Morgan fingerprint density at radius 2 is 2.24 bits per heavy atom. The Balaban J connectivity index is 1.73. The fourth-order valence-corrected chi connectivity index (χ4v) is 4.00. The van der Waals surface area contributed by atoms with Gasteiger partial charge in [0.15, 0.2) is 0 Å². The molecule has 1 saturated heterocycles. The van der Waals surface area contributed by atoms with E-state index in [-0.39, 0.29) is 17.5 Å². The molecule has 0 radical (unpaired) electrons. The maximum Gasteiger partial charge on any atom is 0.277 e. The molecule has 1 aliphatic heterocycles. The first-order valence-electron chi connectivity index (χ1n) is 9.31. The van der Waals surface area contributed by atoms with Gasteiger partial charge in [-0.25, -0.2) is 4.98 Å². The number of hydrogen-bond donors (Lipinski definition) is 0. The first-order valence-corrected chi connectivity index (χ1v) is 9.69. The number of aromatic nitrogens is 5. The van der Waals surface area contributed by atoms with Crippen LogP contribution in [0.3, 0.4) is 0 Å². The molecule has 3 aromatic heterocycles. The molecule has 1 unspecified atom stereocenters. The lowest BCUT2D eigenvalue weighted by atomic mass is 10.2. The van der Waals surface area contributed by atoms with Gasteiger partial charge in [0.05, 0.1) is 22.7 Å². The van der Waals surface area contributed by atoms with Gasteiger partial charge in [-0.15, -0.1) is 0 Å². The van der Waals surface area contributed by atoms with Crippen molar-refractivity contribution >= 4 is 28.2 Å². The molecule has 0 aliphatic carbocycles. The quantitative estimate of drug-likeness (QED) is 0.494. The van der Waals surface area contributed by atoms with Crippen LogP contribution in [0.1, 0.15) is 24.8 Å². The maximum absolute atomic E-state index is 13.4. The van der Waals surface area contributed by atoms with Crippen molar-refractivity contribution in [2.24, 2.45) is 0 Å². The van der Waals surface area contributed by atoms with E-state index in [9.17, 15) is 4.79 Å². The minimum absolute atomic E-state index is 0.205. The number of methoxy groups -OCH3 is 1. The molecule has 1 aliphatic rings. The molecule has 4 heterocycles. The molecule has 150 valence electrons. The number of halogens is 1. The van der Waals surface area contributed by atoms with Crippen molar-refractivity contribution in [1.29, 1.82) is 0 Å². The first-order chi connectivity index (χ1) is 14.2. The SMILES string of the molecule is COCCn1c(=O)c2c(-c3noc(C4CCCO4)n3)ncn2c2cccc(Cl)c21. The fourth-order valence-electron chi connectivity index (χ4n) is 3.72. The standard InChI is InChI=1S/C19H18ClN5O4/c1-27-9-7-24-15-11(20)4-2-5-12(15)25-10-21-14(16(25)19(24)26)17-22-18(29-23-17)13-6-3-8-28-13/h2,4-5,10,13H,3,6-9H2,1H3. The van der Waals surface area contributed by atoms with E-state index in [2.05, 4.69) is 15.1 Å². The van der Waals surface area contributed by atoms with Crippen LogP contribution >= 0.6 is 11.6 Å². The molecule has 0 amide bonds. The molecule has 0 spiro atoms. The van der Waals surface area contributed by atoms with Gasteiger partial charge in [0.1, 0.15) is 23.6 Å². The average molecular weight is 416 g/mol. The van der Waals surface area contributed by atoms with E-state index in [0.29, 0.717) is 47.4 Å². The second-order valence-electron chi connectivity index (χ2n) is 6.83. The Morgan fingerprint density at radius 1 is 1.34 bits per heavy atom. The molecule has 5 rings (SSSR count). The zero-order valence-corrected chi connectivity index (χ0v) is 16.4. The number of fused-ring (bicyclic) bond motifs is 3. The molecule has 29 heavy (non-hydrogen) atoms. The van der Waals surface area contributed by atoms with Crippen molar-refractivity contribution in [1.82, 2.24) is 24.1 Å². The summed E-state index contributed by atoms with van der Waals surface area (Å²) < 4.78 is 19.5. The van der Waals surface area contributed by atoms with E-state index >= 15 is 0 Å². The van der Waals surface area contributed by atoms with Gasteiger partial charge in [-0.3, -0.25) is 9.20 Å². The summed E-state index contributed by atoms with van der Waals surface area (Å²) in [5.41, 5.74) is 1.84. The summed E-state index contributed by atoms with van der Waals surface area (Å²) in [5, 5.41) is 4.52. The van der Waals surface area contributed by atoms with Gasteiger partial charge in [-0.1, -0.05) is 22.8 Å². The minimum atomic E-state index is -0.251. The Labute approximate surface area is 169 Å². The number of hydrogen-bond acceptors (Lipinski definition) is 7. The van der Waals surface area contributed by atoms with Crippen molar-refractivity contribution < 1.29 is 14.0 Å². The predicted octanol–water partition coefficient (Wildman–Crippen LogP) is 2.85. The van der Waals surface area contributed by atoms with Crippen molar-refractivity contribution in [3.63, 3.8) is 0 Å². The van der Waals surface area contributed by atoms with Gasteiger partial charge < -0.3 is 18.6 Å². The van der Waals surface area contributed by atoms with Crippen LogP contribution in [-0.4, -0.2) is 44.4 Å². The van der Waals surface area contributed by atoms with Crippen molar-refractivity contribution in [3.8, 4) is 11.5 Å². The number of imidazole rings is 1. The third-order valence-corrected chi connectivity index (χ3v) is 5.39. The predicted molar refractivity (Wildman–Crippen MR) is 105 cm³/mol. The summed E-state index contributed by atoms with van der Waals surface area (Å²) in [6, 6.07) is 5.47. The highest BCUT2D eigenvalue weighted by Crippen LogP contribution is 2.30. The zero-order chi connectivity index (χ0) is 20.0. The summed E-state index contributed by atoms with van der Waals surface area (Å²) in [4.78, 5) is 22.3. The molecule has 1 fully saturated rings. The van der Waals surface area contributed by atoms with E-state index in [0.717, 1.165) is 18.4 Å². The molecule has 4 aromatic rings. The van der Waals surface area contributed by atoms with Gasteiger partial charge >= 0.3 is 0 Å². The van der Waals surface area contributed by atoms with Crippen LogP contribution in [-0.2, 0) is 16.0 Å². The molecular weight excluding hydrogens is 398 g/mol. The lowest BCUT2D eigenvalue weighted by molar-refractivity contribution is 0.0835. The molecule has 0 saturated carbocycles. The Kier molecular flexibility index (Phi) is 4.57. The summed E-state index contributed by atoms with van der Waals surface area (Å²) in [6.07, 6.45) is 3.15. The van der Waals surface area contributed by atoms with Crippen LogP contribution in [0.5, 0.6) is 0 Å². The molecule has 0 bridgehead atoms. The molecule has 1 atom stereocenters. The first kappa shape index (κ1) is 18.3. The minimum Gasteiger partial charge on any atom is -0.383 e. The van der Waals surface area contributed by atoms with E-state index < -0.39 is 0 Å². The number of benzene rings is 1. The summed E-state index contributed by atoms with van der Waals surface area (Å²) in [6.45, 7) is 1.39. The second kappa shape index (κ2) is 7.25. The Hall–Kier alpha value is -2.75. The van der Waals surface area contributed by atoms with Crippen LogP contribution in [0, 0.1) is 0 Å². The maximum atomic E-state index is 13.4. The van der Waals surface area contributed by atoms with E-state index in [4.69, 9.17) is 25.6 Å². The lowest BCUT2D eigenvalue weighted by Gasteiger charge is -2.13. The van der Waals surface area contributed by atoms with Gasteiger partial charge in [0.25, 0.3) is 11.4 Å². The highest BCUT2D eigenvalue weighted by molar-refractivity contribution is 6.35. The van der Waals surface area contributed by atoms with Crippen molar-refractivity contribution in [3.05, 3.63) is 45.8 Å². The molecule has 9 nitrogen and oxygen atoms in total. The molecule has 1 aromatic carbocycles. The van der Waals surface area contributed by atoms with Gasteiger partial charge in [0, 0.05) is 20.3 Å². The largest absolute Gasteiger partial charge is 0.383 e. The van der Waals surface area contributed by atoms with Crippen LogP contribution in [0.2, 0.25) is 5.02 Å². The molecular formula is C19H18ClN5O4. The number of nitrogens with zero attached hydrogens (tertiary/aromatic N) is 5. The Bertz CT molecular complexity index is 1250. The highest BCUT2D eigenvalue weighted by Gasteiger charge is 2.26. The highest BCUT2D eigenvalue weighted by atomic mass is 35.5. The summed E-state index contributed by atoms with van der Waals surface area (Å²) >= 11 is 6.43. The smallest absolute Gasteiger partial charge is 0.277 e. The lowest BCUT2D eigenvalue weighted by Crippen LogP contribution is -2.25. The zero-order valence-electron chi connectivity index (χ0n) is 15.7. The van der Waals surface area contributed by atoms with Crippen molar-refractivity contribution in [2.45, 2.75) is 25.5 Å². The number of ether oxygens (including phenoxy) is 2. The van der Waals surface area contributed by atoms with Crippen LogP contribution in [0.4, 0.5) is 0 Å². The molecule has 0 N–H and O–H groups in total. The molecule has 10 heteroatoms. The van der Waals surface area contributed by atoms with Gasteiger partial charge in [-0.2, -0.15) is 4.98 Å². The van der Waals surface area contributed by atoms with Crippen LogP contribution < -0.4 is 5.56 Å². The number of rotatable bonds is 5. The summed E-state index contributed by atoms with van der Waals surface area (Å²) in [7, 11) is 1.59. The fraction of sp³-hybridized carbons (Fsp3) is 0.368. The van der Waals surface area contributed by atoms with Crippen LogP contribution in [0.15, 0.2) is 33.8 Å². The second-order valence-corrected chi connectivity index (χ2v) is 7.23. The average Bonchev–Trinajstić information content (AvgIpc) is 3.47. The van der Waals surface area contributed by atoms with Gasteiger partial charge in [0.2, 0.25) is 5.82 Å². The van der Waals surface area contributed by atoms with Gasteiger partial charge in [-0.05, 0) is 25.0 Å². The third kappa shape index (κ3) is 2.93. The summed E-state index contributed by atoms with van der Waals surface area (Å²) in [5.74, 6) is 0.664. The van der Waals surface area contributed by atoms with E-state index in [1.54, 1.807) is 28.5 Å². The van der Waals surface area contributed by atoms with Crippen molar-refractivity contribution in [2.75, 3.05) is 20.3 Å². The van der Waals surface area contributed by atoms with E-state index in [1.807, 2.05) is 12.1 Å². The van der Waals surface area contributed by atoms with E-state index in [1.165, 1.54) is 0 Å². The topological polar surface area (TPSA) is 96.7 Å². The third-order valence-electron chi connectivity index (χ3n) is 5.09. The Morgan fingerprint density at radius 3 is 3.03 bits per heavy atom.